The van der Waals surface area contributed by atoms with Crippen LogP contribution < -0.4 is 10.1 Å². The van der Waals surface area contributed by atoms with E-state index in [1.807, 2.05) is 13.8 Å². The highest BCUT2D eigenvalue weighted by molar-refractivity contribution is 5.79. The fraction of sp³-hybridized carbons (Fsp3) is 0.562. The van der Waals surface area contributed by atoms with E-state index >= 15 is 0 Å². The van der Waals surface area contributed by atoms with E-state index < -0.39 is 0 Å². The molecule has 3 heteroatoms. The number of ether oxygens (including phenoxy) is 1. The summed E-state index contributed by atoms with van der Waals surface area (Å²) in [7, 11) is 0. The topological polar surface area (TPSA) is 38.3 Å². The molecule has 1 aliphatic carbocycles. The van der Waals surface area contributed by atoms with Gasteiger partial charge in [-0.1, -0.05) is 12.5 Å². The molecule has 0 heterocycles. The Bertz CT molecular complexity index is 464. The van der Waals surface area contributed by atoms with Crippen molar-refractivity contribution in [1.82, 2.24) is 5.32 Å². The predicted octanol–water partition coefficient (Wildman–Crippen LogP) is 3.12. The number of aryl methyl sites for hydroxylation is 2. The summed E-state index contributed by atoms with van der Waals surface area (Å²) in [5.41, 5.74) is 3.47. The molecule has 1 aromatic rings. The van der Waals surface area contributed by atoms with E-state index in [0.717, 1.165) is 24.2 Å². The van der Waals surface area contributed by atoms with Crippen LogP contribution in [0.1, 0.15) is 42.9 Å². The fourth-order valence-electron chi connectivity index (χ4n) is 2.35. The molecule has 1 amide bonds. The first-order valence-corrected chi connectivity index (χ1v) is 7.12. The Hall–Kier alpha value is -1.51. The molecule has 1 aliphatic rings. The number of hydrogen-bond acceptors (Lipinski definition) is 2. The summed E-state index contributed by atoms with van der Waals surface area (Å²) >= 11 is 0. The maximum absolute atomic E-state index is 11.8. The van der Waals surface area contributed by atoms with Gasteiger partial charge in [0, 0.05) is 12.5 Å². The van der Waals surface area contributed by atoms with Crippen LogP contribution in [0.4, 0.5) is 0 Å². The molecule has 2 rings (SSSR count). The van der Waals surface area contributed by atoms with E-state index in [0.29, 0.717) is 13.2 Å². The van der Waals surface area contributed by atoms with Gasteiger partial charge < -0.3 is 10.1 Å². The highest BCUT2D eigenvalue weighted by Crippen LogP contribution is 2.27. The van der Waals surface area contributed by atoms with Crippen molar-refractivity contribution >= 4 is 5.91 Å². The summed E-state index contributed by atoms with van der Waals surface area (Å²) in [4.78, 5) is 11.8. The van der Waals surface area contributed by atoms with Crippen LogP contribution in [0.15, 0.2) is 12.1 Å². The van der Waals surface area contributed by atoms with Crippen molar-refractivity contribution < 1.29 is 9.53 Å². The first kappa shape index (κ1) is 13.9. The van der Waals surface area contributed by atoms with Crippen LogP contribution in [0.25, 0.3) is 0 Å². The van der Waals surface area contributed by atoms with Crippen LogP contribution in [0.3, 0.4) is 0 Å². The Balaban J connectivity index is 1.99. The molecule has 1 aromatic carbocycles. The zero-order valence-electron chi connectivity index (χ0n) is 12.1. The number of nitrogens with one attached hydrogen (secondary N) is 1. The van der Waals surface area contributed by atoms with Gasteiger partial charge in [-0.3, -0.25) is 4.79 Å². The number of carbonyl (C=O) groups is 1. The summed E-state index contributed by atoms with van der Waals surface area (Å²) in [6.07, 6.45) is 3.29. The third kappa shape index (κ3) is 3.28. The Labute approximate surface area is 115 Å². The maximum atomic E-state index is 11.8. The van der Waals surface area contributed by atoms with Crippen molar-refractivity contribution in [2.24, 2.45) is 5.92 Å². The first-order chi connectivity index (χ1) is 9.11. The van der Waals surface area contributed by atoms with Gasteiger partial charge in [-0.15, -0.1) is 0 Å². The van der Waals surface area contributed by atoms with Crippen molar-refractivity contribution in [3.63, 3.8) is 0 Å². The summed E-state index contributed by atoms with van der Waals surface area (Å²) in [6.45, 7) is 7.39. The molecule has 0 aliphatic heterocycles. The smallest absolute Gasteiger partial charge is 0.223 e. The third-order valence-corrected chi connectivity index (χ3v) is 3.86. The van der Waals surface area contributed by atoms with Gasteiger partial charge in [-0.05, 0) is 56.4 Å². The van der Waals surface area contributed by atoms with Crippen molar-refractivity contribution in [3.8, 4) is 5.75 Å². The van der Waals surface area contributed by atoms with E-state index in [1.165, 1.54) is 17.5 Å². The molecule has 0 aromatic heterocycles. The SMILES string of the molecule is CCOc1cc(C)c(CNC(=O)C2CCC2)cc1C. The van der Waals surface area contributed by atoms with Gasteiger partial charge in [0.25, 0.3) is 0 Å². The minimum absolute atomic E-state index is 0.206. The number of hydrogen-bond donors (Lipinski definition) is 1. The minimum Gasteiger partial charge on any atom is -0.494 e. The Morgan fingerprint density at radius 2 is 2.05 bits per heavy atom. The summed E-state index contributed by atoms with van der Waals surface area (Å²) < 4.78 is 5.58. The normalized spacial score (nSPS) is 14.9. The van der Waals surface area contributed by atoms with Gasteiger partial charge in [-0.25, -0.2) is 0 Å². The molecule has 104 valence electrons. The fourth-order valence-corrected chi connectivity index (χ4v) is 2.35. The van der Waals surface area contributed by atoms with Crippen LogP contribution in [0, 0.1) is 19.8 Å². The van der Waals surface area contributed by atoms with Gasteiger partial charge in [0.05, 0.1) is 6.61 Å². The minimum atomic E-state index is 0.206. The van der Waals surface area contributed by atoms with Gasteiger partial charge in [-0.2, -0.15) is 0 Å². The molecule has 0 spiro atoms. The Kier molecular flexibility index (Phi) is 4.46. The Morgan fingerprint density at radius 3 is 2.63 bits per heavy atom. The lowest BCUT2D eigenvalue weighted by Gasteiger charge is -2.24. The maximum Gasteiger partial charge on any atom is 0.223 e. The lowest BCUT2D eigenvalue weighted by atomic mass is 9.85. The molecule has 0 unspecified atom stereocenters. The predicted molar refractivity (Wildman–Crippen MR) is 76.3 cm³/mol. The Morgan fingerprint density at radius 1 is 1.32 bits per heavy atom. The van der Waals surface area contributed by atoms with Gasteiger partial charge in [0.1, 0.15) is 5.75 Å². The molecule has 0 saturated heterocycles. The van der Waals surface area contributed by atoms with E-state index in [9.17, 15) is 4.79 Å². The summed E-state index contributed by atoms with van der Waals surface area (Å²) in [5.74, 6) is 1.40. The van der Waals surface area contributed by atoms with Gasteiger partial charge >= 0.3 is 0 Å². The highest BCUT2D eigenvalue weighted by atomic mass is 16.5. The molecule has 1 N–H and O–H groups in total. The zero-order valence-corrected chi connectivity index (χ0v) is 12.1. The van der Waals surface area contributed by atoms with Crippen LogP contribution in [0.2, 0.25) is 0 Å². The summed E-state index contributed by atoms with van der Waals surface area (Å²) in [6, 6.07) is 4.17. The lowest BCUT2D eigenvalue weighted by molar-refractivity contribution is -0.127. The highest BCUT2D eigenvalue weighted by Gasteiger charge is 2.24. The average molecular weight is 261 g/mol. The molecule has 1 saturated carbocycles. The second kappa shape index (κ2) is 6.09. The molecule has 19 heavy (non-hydrogen) atoms. The van der Waals surface area contributed by atoms with Crippen molar-refractivity contribution in [2.75, 3.05) is 6.61 Å². The molecule has 0 atom stereocenters. The van der Waals surface area contributed by atoms with Crippen LogP contribution in [0.5, 0.6) is 5.75 Å². The quantitative estimate of drug-likeness (QED) is 0.884. The van der Waals surface area contributed by atoms with E-state index in [4.69, 9.17) is 4.74 Å². The number of carbonyl (C=O) groups excluding carboxylic acids is 1. The third-order valence-electron chi connectivity index (χ3n) is 3.86. The molecular formula is C16H23NO2. The number of amides is 1. The number of rotatable bonds is 5. The average Bonchev–Trinajstić information content (AvgIpc) is 2.30. The second-order valence-electron chi connectivity index (χ2n) is 5.32. The monoisotopic (exact) mass is 261 g/mol. The number of benzene rings is 1. The van der Waals surface area contributed by atoms with Crippen LogP contribution in [-0.4, -0.2) is 12.5 Å². The largest absolute Gasteiger partial charge is 0.494 e. The molecule has 0 bridgehead atoms. The van der Waals surface area contributed by atoms with E-state index in [2.05, 4.69) is 24.4 Å². The van der Waals surface area contributed by atoms with Crippen molar-refractivity contribution in [3.05, 3.63) is 28.8 Å². The zero-order chi connectivity index (χ0) is 13.8. The molecule has 0 radical (unpaired) electrons. The van der Waals surface area contributed by atoms with Crippen LogP contribution >= 0.6 is 0 Å². The molecule has 3 nitrogen and oxygen atoms in total. The van der Waals surface area contributed by atoms with E-state index in [1.54, 1.807) is 0 Å². The first-order valence-electron chi connectivity index (χ1n) is 7.12. The molecular weight excluding hydrogens is 238 g/mol. The van der Waals surface area contributed by atoms with Gasteiger partial charge in [0.2, 0.25) is 5.91 Å². The lowest BCUT2D eigenvalue weighted by Crippen LogP contribution is -2.34. The van der Waals surface area contributed by atoms with E-state index in [-0.39, 0.29) is 11.8 Å². The summed E-state index contributed by atoms with van der Waals surface area (Å²) in [5, 5.41) is 3.04. The van der Waals surface area contributed by atoms with Crippen LogP contribution in [-0.2, 0) is 11.3 Å². The standard InChI is InChI=1S/C16H23NO2/c1-4-19-15-9-11(2)14(8-12(15)3)10-17-16(18)13-6-5-7-13/h8-9,13H,4-7,10H2,1-3H3,(H,17,18). The molecule has 1 fully saturated rings. The van der Waals surface area contributed by atoms with Crippen molar-refractivity contribution in [2.45, 2.75) is 46.6 Å². The van der Waals surface area contributed by atoms with Gasteiger partial charge in [0.15, 0.2) is 0 Å². The second-order valence-corrected chi connectivity index (χ2v) is 5.32. The van der Waals surface area contributed by atoms with Crippen molar-refractivity contribution in [1.29, 1.82) is 0 Å².